The van der Waals surface area contributed by atoms with Crippen molar-refractivity contribution >= 4 is 38.8 Å². The molecule has 1 aliphatic heterocycles. The molecule has 1 fully saturated rings. The van der Waals surface area contributed by atoms with E-state index in [-0.39, 0.29) is 23.7 Å². The van der Waals surface area contributed by atoms with E-state index < -0.39 is 4.92 Å². The number of piperazine rings is 1. The Morgan fingerprint density at radius 1 is 1.03 bits per heavy atom. The Labute approximate surface area is 198 Å². The van der Waals surface area contributed by atoms with E-state index in [1.807, 2.05) is 41.3 Å². The number of benzene rings is 2. The summed E-state index contributed by atoms with van der Waals surface area (Å²) in [6.07, 6.45) is 1.42. The zero-order valence-corrected chi connectivity index (χ0v) is 19.0. The molecule has 9 nitrogen and oxygen atoms in total. The molecule has 1 saturated heterocycles. The summed E-state index contributed by atoms with van der Waals surface area (Å²) in [5.41, 5.74) is 2.01. The predicted molar refractivity (Wildman–Crippen MR) is 131 cm³/mol. The van der Waals surface area contributed by atoms with Crippen LogP contribution in [0.4, 0.5) is 11.4 Å². The Morgan fingerprint density at radius 2 is 1.74 bits per heavy atom. The molecule has 5 rings (SSSR count). The summed E-state index contributed by atoms with van der Waals surface area (Å²) in [7, 11) is 0. The van der Waals surface area contributed by atoms with Gasteiger partial charge < -0.3 is 9.80 Å². The zero-order valence-electron chi connectivity index (χ0n) is 18.2. The Balaban J connectivity index is 1.29. The van der Waals surface area contributed by atoms with Crippen LogP contribution < -0.4 is 10.5 Å². The van der Waals surface area contributed by atoms with Crippen LogP contribution in [0.3, 0.4) is 0 Å². The van der Waals surface area contributed by atoms with Crippen LogP contribution in [0.2, 0.25) is 0 Å². The number of thiophene rings is 1. The van der Waals surface area contributed by atoms with Crippen molar-refractivity contribution < 1.29 is 9.72 Å². The van der Waals surface area contributed by atoms with Crippen LogP contribution in [0.5, 0.6) is 0 Å². The van der Waals surface area contributed by atoms with Crippen molar-refractivity contribution in [1.29, 1.82) is 0 Å². The minimum Gasteiger partial charge on any atom is -0.362 e. The molecule has 172 valence electrons. The molecule has 2 aromatic heterocycles. The SMILES string of the molecule is O=C(Cn1cnc2cc(-c3ccccc3)sc2c1=O)N1CCN(c2ccccc2[N+](=O)[O-])CC1. The first-order valence-corrected chi connectivity index (χ1v) is 11.6. The van der Waals surface area contributed by atoms with Gasteiger partial charge in [0.25, 0.3) is 11.2 Å². The number of anilines is 1. The van der Waals surface area contributed by atoms with Gasteiger partial charge in [-0.15, -0.1) is 11.3 Å². The lowest BCUT2D eigenvalue weighted by atomic mass is 10.2. The second-order valence-corrected chi connectivity index (χ2v) is 9.03. The van der Waals surface area contributed by atoms with Gasteiger partial charge in [0, 0.05) is 37.1 Å². The van der Waals surface area contributed by atoms with E-state index in [0.29, 0.717) is 42.1 Å². The number of hydrogen-bond donors (Lipinski definition) is 0. The third kappa shape index (κ3) is 4.15. The van der Waals surface area contributed by atoms with E-state index in [1.54, 1.807) is 23.1 Å². The molecule has 10 heteroatoms. The fraction of sp³-hybridized carbons (Fsp3) is 0.208. The Kier molecular flexibility index (Phi) is 5.81. The van der Waals surface area contributed by atoms with E-state index in [9.17, 15) is 19.7 Å². The average Bonchev–Trinajstić information content (AvgIpc) is 3.32. The van der Waals surface area contributed by atoms with Crippen molar-refractivity contribution in [3.05, 3.63) is 87.5 Å². The lowest BCUT2D eigenvalue weighted by molar-refractivity contribution is -0.384. The largest absolute Gasteiger partial charge is 0.362 e. The van der Waals surface area contributed by atoms with Gasteiger partial charge in [0.05, 0.1) is 16.8 Å². The van der Waals surface area contributed by atoms with Gasteiger partial charge in [0.15, 0.2) is 0 Å². The number of carbonyl (C=O) groups is 1. The highest BCUT2D eigenvalue weighted by Gasteiger charge is 2.26. The molecule has 0 radical (unpaired) electrons. The predicted octanol–water partition coefficient (Wildman–Crippen LogP) is 3.38. The number of nitro benzene ring substituents is 1. The Morgan fingerprint density at radius 3 is 2.47 bits per heavy atom. The van der Waals surface area contributed by atoms with Gasteiger partial charge in [-0.05, 0) is 17.7 Å². The maximum absolute atomic E-state index is 13.0. The molecule has 0 spiro atoms. The molecule has 0 atom stereocenters. The molecular weight excluding hydrogens is 454 g/mol. The van der Waals surface area contributed by atoms with Crippen LogP contribution in [0.25, 0.3) is 20.7 Å². The minimum absolute atomic E-state index is 0.0547. The van der Waals surface area contributed by atoms with E-state index in [4.69, 9.17) is 0 Å². The molecule has 2 aromatic carbocycles. The summed E-state index contributed by atoms with van der Waals surface area (Å²) in [6, 6.07) is 18.3. The van der Waals surface area contributed by atoms with E-state index in [1.165, 1.54) is 28.3 Å². The summed E-state index contributed by atoms with van der Waals surface area (Å²) < 4.78 is 1.88. The maximum Gasteiger partial charge on any atom is 0.292 e. The summed E-state index contributed by atoms with van der Waals surface area (Å²) in [5.74, 6) is -0.176. The van der Waals surface area contributed by atoms with Gasteiger partial charge in [0.1, 0.15) is 16.9 Å². The maximum atomic E-state index is 13.0. The first-order valence-electron chi connectivity index (χ1n) is 10.8. The molecule has 0 aliphatic carbocycles. The Bertz CT molecular complexity index is 1420. The van der Waals surface area contributed by atoms with E-state index in [2.05, 4.69) is 4.98 Å². The average molecular weight is 476 g/mol. The molecular formula is C24H21N5O4S. The molecule has 0 N–H and O–H groups in total. The smallest absolute Gasteiger partial charge is 0.292 e. The summed E-state index contributed by atoms with van der Waals surface area (Å²) in [4.78, 5) is 45.8. The first kappa shape index (κ1) is 21.8. The van der Waals surface area contributed by atoms with Crippen LogP contribution in [0, 0.1) is 10.1 Å². The quantitative estimate of drug-likeness (QED) is 0.324. The third-order valence-corrected chi connectivity index (χ3v) is 7.08. The Hall–Kier alpha value is -4.05. The summed E-state index contributed by atoms with van der Waals surface area (Å²) in [5, 5.41) is 11.3. The van der Waals surface area contributed by atoms with Gasteiger partial charge in [-0.25, -0.2) is 4.98 Å². The van der Waals surface area contributed by atoms with Crippen LogP contribution in [0.1, 0.15) is 0 Å². The number of amides is 1. The summed E-state index contributed by atoms with van der Waals surface area (Å²) in [6.45, 7) is 1.72. The van der Waals surface area contributed by atoms with Gasteiger partial charge >= 0.3 is 0 Å². The van der Waals surface area contributed by atoms with E-state index >= 15 is 0 Å². The van der Waals surface area contributed by atoms with Gasteiger partial charge in [-0.1, -0.05) is 42.5 Å². The normalized spacial score (nSPS) is 13.9. The van der Waals surface area contributed by atoms with Crippen LogP contribution >= 0.6 is 11.3 Å². The lowest BCUT2D eigenvalue weighted by Crippen LogP contribution is -2.50. The number of hydrogen-bond acceptors (Lipinski definition) is 7. The summed E-state index contributed by atoms with van der Waals surface area (Å²) >= 11 is 1.37. The monoisotopic (exact) mass is 475 g/mol. The minimum atomic E-state index is -0.393. The molecule has 0 saturated carbocycles. The van der Waals surface area contributed by atoms with Gasteiger partial charge in [-0.3, -0.25) is 24.3 Å². The van der Waals surface area contributed by atoms with Gasteiger partial charge in [-0.2, -0.15) is 0 Å². The zero-order chi connectivity index (χ0) is 23.7. The second-order valence-electron chi connectivity index (χ2n) is 7.98. The van der Waals surface area contributed by atoms with Crippen molar-refractivity contribution in [1.82, 2.24) is 14.5 Å². The van der Waals surface area contributed by atoms with Crippen molar-refractivity contribution in [2.24, 2.45) is 0 Å². The topological polar surface area (TPSA) is 102 Å². The lowest BCUT2D eigenvalue weighted by Gasteiger charge is -2.35. The number of aromatic nitrogens is 2. The molecule has 34 heavy (non-hydrogen) atoms. The molecule has 1 amide bonds. The van der Waals surface area contributed by atoms with Crippen LogP contribution in [0.15, 0.2) is 71.8 Å². The second kappa shape index (κ2) is 9.06. The van der Waals surface area contributed by atoms with Crippen LogP contribution in [-0.2, 0) is 11.3 Å². The number of rotatable bonds is 5. The fourth-order valence-corrected chi connectivity index (χ4v) is 5.20. The van der Waals surface area contributed by atoms with Crippen molar-refractivity contribution in [3.63, 3.8) is 0 Å². The van der Waals surface area contributed by atoms with Crippen LogP contribution in [-0.4, -0.2) is 51.5 Å². The highest BCUT2D eigenvalue weighted by Crippen LogP contribution is 2.31. The van der Waals surface area contributed by atoms with Crippen molar-refractivity contribution in [2.75, 3.05) is 31.1 Å². The molecule has 0 unspecified atom stereocenters. The van der Waals surface area contributed by atoms with Crippen molar-refractivity contribution in [2.45, 2.75) is 6.54 Å². The van der Waals surface area contributed by atoms with Gasteiger partial charge in [0.2, 0.25) is 5.91 Å². The highest BCUT2D eigenvalue weighted by molar-refractivity contribution is 7.22. The number of nitro groups is 1. The highest BCUT2D eigenvalue weighted by atomic mass is 32.1. The number of para-hydroxylation sites is 2. The van der Waals surface area contributed by atoms with E-state index in [0.717, 1.165) is 10.4 Å². The molecule has 0 bridgehead atoms. The fourth-order valence-electron chi connectivity index (χ4n) is 4.13. The van der Waals surface area contributed by atoms with Crippen molar-refractivity contribution in [3.8, 4) is 10.4 Å². The number of fused-ring (bicyclic) bond motifs is 1. The first-order chi connectivity index (χ1) is 16.5. The number of carbonyl (C=O) groups excluding carboxylic acids is 1. The molecule has 3 heterocycles. The molecule has 1 aliphatic rings. The number of nitrogens with zero attached hydrogens (tertiary/aromatic N) is 5. The standard InChI is InChI=1S/C24H21N5O4S/c30-22(27-12-10-26(11-13-27)19-8-4-5-9-20(19)29(32)33)15-28-16-25-18-14-21(34-23(18)24(28)31)17-6-2-1-3-7-17/h1-9,14,16H,10-13,15H2. The third-order valence-electron chi connectivity index (χ3n) is 5.92. The molecule has 4 aromatic rings.